The number of guanidine groups is 1. The number of hydrogen-bond donors (Lipinski definition) is 3. The number of amidine groups is 1. The number of hydrazine groups is 1. The maximum Gasteiger partial charge on any atom is 0.250 e. The number of aryl methyl sites for hydroxylation is 1. The second-order valence-electron chi connectivity index (χ2n) is 7.61. The van der Waals surface area contributed by atoms with Crippen LogP contribution in [-0.4, -0.2) is 37.6 Å². The summed E-state index contributed by atoms with van der Waals surface area (Å²) >= 11 is 0. The van der Waals surface area contributed by atoms with Gasteiger partial charge in [0, 0.05) is 42.2 Å². The monoisotopic (exact) mass is 445 g/mol. The molecule has 1 unspecified atom stereocenters. The summed E-state index contributed by atoms with van der Waals surface area (Å²) in [6.45, 7) is 0. The van der Waals surface area contributed by atoms with Crippen LogP contribution in [0.25, 0.3) is 11.3 Å². The van der Waals surface area contributed by atoms with Gasteiger partial charge in [0.15, 0.2) is 18.1 Å². The number of nitrogens with zero attached hydrogens (tertiary/aromatic N) is 5. The number of benzene rings is 1. The van der Waals surface area contributed by atoms with Crippen LogP contribution in [0, 0.1) is 5.82 Å². The van der Waals surface area contributed by atoms with Crippen LogP contribution in [0.5, 0.6) is 0 Å². The van der Waals surface area contributed by atoms with Crippen molar-refractivity contribution < 1.29 is 9.50 Å². The van der Waals surface area contributed by atoms with E-state index < -0.39 is 18.1 Å². The number of aliphatic hydroxyl groups excluding tert-OH is 1. The Labute approximate surface area is 188 Å². The Morgan fingerprint density at radius 3 is 2.64 bits per heavy atom. The molecule has 0 fully saturated rings. The summed E-state index contributed by atoms with van der Waals surface area (Å²) in [7, 11) is 1.65. The standard InChI is InChI=1S/C23H20FN7O2/c1-30-12-14(9-10-16(30)32)17-18(13-6-3-2-4-7-13)27-23(25)31-22(17)28-21(29-31)20(33)19-15(24)8-5-11-26-19/h2-12,20,22,33H,1H3,(H2,25,27)(H,28,29)/t20-,22?/m1/s1. The highest BCUT2D eigenvalue weighted by Crippen LogP contribution is 2.37. The van der Waals surface area contributed by atoms with Gasteiger partial charge in [-0.15, -0.1) is 0 Å². The van der Waals surface area contributed by atoms with Crippen molar-refractivity contribution in [1.29, 1.82) is 0 Å². The lowest BCUT2D eigenvalue weighted by atomic mass is 9.97. The average Bonchev–Trinajstić information content (AvgIpc) is 3.27. The fraction of sp³-hybridized carbons (Fsp3) is 0.130. The first-order valence-corrected chi connectivity index (χ1v) is 10.2. The predicted molar refractivity (Wildman–Crippen MR) is 122 cm³/mol. The van der Waals surface area contributed by atoms with Gasteiger partial charge in [0.2, 0.25) is 11.5 Å². The van der Waals surface area contributed by atoms with Gasteiger partial charge in [0.25, 0.3) is 0 Å². The zero-order valence-electron chi connectivity index (χ0n) is 17.6. The van der Waals surface area contributed by atoms with Crippen LogP contribution in [0.15, 0.2) is 81.8 Å². The van der Waals surface area contributed by atoms with E-state index in [4.69, 9.17) is 5.73 Å². The quantitative estimate of drug-likeness (QED) is 0.558. The van der Waals surface area contributed by atoms with Gasteiger partial charge in [-0.05, 0) is 18.2 Å². The Morgan fingerprint density at radius 1 is 1.12 bits per heavy atom. The third-order valence-corrected chi connectivity index (χ3v) is 5.48. The summed E-state index contributed by atoms with van der Waals surface area (Å²) in [6.07, 6.45) is 0.930. The van der Waals surface area contributed by atoms with E-state index in [1.165, 1.54) is 34.0 Å². The molecule has 0 amide bonds. The van der Waals surface area contributed by atoms with E-state index in [-0.39, 0.29) is 23.0 Å². The van der Waals surface area contributed by atoms with Crippen molar-refractivity contribution >= 4 is 23.1 Å². The van der Waals surface area contributed by atoms with Gasteiger partial charge in [-0.1, -0.05) is 30.3 Å². The minimum atomic E-state index is -1.44. The van der Waals surface area contributed by atoms with E-state index in [1.807, 2.05) is 30.3 Å². The summed E-state index contributed by atoms with van der Waals surface area (Å²) in [6, 6.07) is 15.3. The number of hydrogen-bond acceptors (Lipinski definition) is 8. The van der Waals surface area contributed by atoms with E-state index in [2.05, 4.69) is 20.4 Å². The molecule has 4 heterocycles. The van der Waals surface area contributed by atoms with Crippen LogP contribution in [0.1, 0.15) is 22.9 Å². The van der Waals surface area contributed by atoms with Crippen LogP contribution < -0.4 is 16.7 Å². The lowest BCUT2D eigenvalue weighted by Crippen LogP contribution is -2.51. The second kappa shape index (κ2) is 7.99. The molecule has 33 heavy (non-hydrogen) atoms. The summed E-state index contributed by atoms with van der Waals surface area (Å²) in [5, 5.41) is 12.3. The predicted octanol–water partition coefficient (Wildman–Crippen LogP) is 1.39. The molecule has 0 bridgehead atoms. The first kappa shape index (κ1) is 20.6. The highest BCUT2D eigenvalue weighted by molar-refractivity contribution is 6.04. The maximum absolute atomic E-state index is 14.2. The van der Waals surface area contributed by atoms with Crippen molar-refractivity contribution in [2.24, 2.45) is 22.8 Å². The Hall–Kier alpha value is -4.31. The van der Waals surface area contributed by atoms with Gasteiger partial charge < -0.3 is 15.4 Å². The summed E-state index contributed by atoms with van der Waals surface area (Å²) in [4.78, 5) is 25.2. The summed E-state index contributed by atoms with van der Waals surface area (Å²) < 4.78 is 15.7. The highest BCUT2D eigenvalue weighted by atomic mass is 19.1. The van der Waals surface area contributed by atoms with E-state index in [0.717, 1.165) is 5.56 Å². The first-order valence-electron chi connectivity index (χ1n) is 10.2. The fourth-order valence-electron chi connectivity index (χ4n) is 3.85. The molecule has 2 aliphatic heterocycles. The van der Waals surface area contributed by atoms with Crippen molar-refractivity contribution in [3.63, 3.8) is 0 Å². The lowest BCUT2D eigenvalue weighted by molar-refractivity contribution is 0.227. The molecule has 1 aromatic carbocycles. The molecule has 0 radical (unpaired) electrons. The number of halogens is 1. The number of aromatic nitrogens is 2. The molecule has 0 aliphatic carbocycles. The largest absolute Gasteiger partial charge is 0.379 e. The first-order chi connectivity index (χ1) is 15.9. The Kier molecular flexibility index (Phi) is 4.98. The normalized spacial score (nSPS) is 18.4. The van der Waals surface area contributed by atoms with E-state index >= 15 is 0 Å². The van der Waals surface area contributed by atoms with Crippen molar-refractivity contribution in [3.8, 4) is 0 Å². The molecule has 9 nitrogen and oxygen atoms in total. The SMILES string of the molecule is Cn1cc(C2=C(c3ccccc3)N=C(N)N3NC([C@H](O)c4ncccc4F)=NC23)ccc1=O. The van der Waals surface area contributed by atoms with Crippen LogP contribution in [-0.2, 0) is 7.05 Å². The molecule has 166 valence electrons. The molecule has 0 spiro atoms. The average molecular weight is 445 g/mol. The van der Waals surface area contributed by atoms with Crippen LogP contribution in [0.4, 0.5) is 4.39 Å². The number of aliphatic imine (C=N–C) groups is 2. The molecule has 2 atom stereocenters. The number of fused-ring (bicyclic) bond motifs is 1. The molecule has 2 aromatic heterocycles. The van der Waals surface area contributed by atoms with E-state index in [9.17, 15) is 14.3 Å². The second-order valence-corrected chi connectivity index (χ2v) is 7.61. The van der Waals surface area contributed by atoms with Gasteiger partial charge in [-0.2, -0.15) is 0 Å². The van der Waals surface area contributed by atoms with Crippen molar-refractivity contribution in [3.05, 3.63) is 100.0 Å². The van der Waals surface area contributed by atoms with Gasteiger partial charge in [-0.25, -0.2) is 19.4 Å². The highest BCUT2D eigenvalue weighted by Gasteiger charge is 2.39. The van der Waals surface area contributed by atoms with Gasteiger partial charge in [0.05, 0.1) is 5.70 Å². The maximum atomic E-state index is 14.2. The number of nitrogens with one attached hydrogen (secondary N) is 1. The van der Waals surface area contributed by atoms with Crippen LogP contribution >= 0.6 is 0 Å². The molecule has 0 saturated heterocycles. The summed E-state index contributed by atoms with van der Waals surface area (Å²) in [5.74, 6) is -0.452. The van der Waals surface area contributed by atoms with Crippen molar-refractivity contribution in [2.45, 2.75) is 12.3 Å². The Bertz CT molecular complexity index is 1380. The molecule has 4 N–H and O–H groups in total. The third-order valence-electron chi connectivity index (χ3n) is 5.48. The number of rotatable bonds is 4. The summed E-state index contributed by atoms with van der Waals surface area (Å²) in [5.41, 5.74) is 11.6. The van der Waals surface area contributed by atoms with Crippen LogP contribution in [0.2, 0.25) is 0 Å². The topological polar surface area (TPSA) is 121 Å². The molecule has 5 rings (SSSR count). The van der Waals surface area contributed by atoms with E-state index in [0.29, 0.717) is 16.8 Å². The zero-order chi connectivity index (χ0) is 23.1. The lowest BCUT2D eigenvalue weighted by Gasteiger charge is -2.31. The Morgan fingerprint density at radius 2 is 1.91 bits per heavy atom. The smallest absolute Gasteiger partial charge is 0.250 e. The minimum Gasteiger partial charge on any atom is -0.379 e. The third kappa shape index (κ3) is 3.56. The molecule has 10 heteroatoms. The van der Waals surface area contributed by atoms with Crippen LogP contribution in [0.3, 0.4) is 0 Å². The fourth-order valence-corrected chi connectivity index (χ4v) is 3.85. The molecule has 2 aliphatic rings. The molecule has 3 aromatic rings. The molecular formula is C23H20FN7O2. The van der Waals surface area contributed by atoms with Crippen molar-refractivity contribution in [1.82, 2.24) is 20.0 Å². The Balaban J connectivity index is 1.68. The van der Waals surface area contributed by atoms with Gasteiger partial charge in [-0.3, -0.25) is 15.2 Å². The van der Waals surface area contributed by atoms with Gasteiger partial charge in [0.1, 0.15) is 11.5 Å². The molecular weight excluding hydrogens is 425 g/mol. The number of pyridine rings is 2. The van der Waals surface area contributed by atoms with E-state index in [1.54, 1.807) is 19.3 Å². The minimum absolute atomic E-state index is 0.0763. The zero-order valence-corrected chi connectivity index (χ0v) is 17.6. The van der Waals surface area contributed by atoms with Crippen molar-refractivity contribution in [2.75, 3.05) is 0 Å². The number of nitrogens with two attached hydrogens (primary N) is 1. The van der Waals surface area contributed by atoms with Gasteiger partial charge >= 0.3 is 0 Å². The number of aliphatic hydroxyl groups is 1. The molecule has 0 saturated carbocycles.